The molecular formula is C12H20N2O. The Labute approximate surface area is 91.8 Å². The van der Waals surface area contributed by atoms with Crippen LogP contribution in [0.15, 0.2) is 18.2 Å². The van der Waals surface area contributed by atoms with Gasteiger partial charge in [-0.15, -0.1) is 0 Å². The molecule has 3 heteroatoms. The molecule has 0 saturated carbocycles. The minimum Gasteiger partial charge on any atom is -0.496 e. The third-order valence-corrected chi connectivity index (χ3v) is 2.52. The number of nitrogens with one attached hydrogen (secondary N) is 2. The molecule has 0 amide bonds. The molecule has 1 aromatic rings. The number of ether oxygens (including phenoxy) is 1. The highest BCUT2D eigenvalue weighted by Gasteiger charge is 2.13. The lowest BCUT2D eigenvalue weighted by Crippen LogP contribution is -2.27. The Bertz CT molecular complexity index is 312. The largest absolute Gasteiger partial charge is 0.496 e. The van der Waals surface area contributed by atoms with Crippen molar-refractivity contribution in [1.82, 2.24) is 10.6 Å². The van der Waals surface area contributed by atoms with E-state index in [1.165, 1.54) is 11.1 Å². The first-order valence-corrected chi connectivity index (χ1v) is 5.19. The van der Waals surface area contributed by atoms with Gasteiger partial charge >= 0.3 is 0 Å². The first-order chi connectivity index (χ1) is 7.22. The number of hydrogen-bond donors (Lipinski definition) is 2. The van der Waals surface area contributed by atoms with Crippen LogP contribution >= 0.6 is 0 Å². The molecule has 1 rings (SSSR count). The third kappa shape index (κ3) is 2.94. The molecule has 0 aliphatic carbocycles. The summed E-state index contributed by atoms with van der Waals surface area (Å²) >= 11 is 0. The highest BCUT2D eigenvalue weighted by Crippen LogP contribution is 2.25. The Morgan fingerprint density at radius 1 is 1.33 bits per heavy atom. The molecule has 1 atom stereocenters. The van der Waals surface area contributed by atoms with Gasteiger partial charge in [0.25, 0.3) is 0 Å². The Hall–Kier alpha value is -1.06. The van der Waals surface area contributed by atoms with Crippen LogP contribution in [-0.2, 0) is 0 Å². The van der Waals surface area contributed by atoms with Gasteiger partial charge in [-0.1, -0.05) is 17.7 Å². The maximum atomic E-state index is 5.36. The van der Waals surface area contributed by atoms with Crippen LogP contribution < -0.4 is 15.4 Å². The summed E-state index contributed by atoms with van der Waals surface area (Å²) in [7, 11) is 5.62. The molecule has 0 heterocycles. The Kier molecular flexibility index (Phi) is 4.59. The fourth-order valence-corrected chi connectivity index (χ4v) is 1.70. The number of benzene rings is 1. The maximum Gasteiger partial charge on any atom is 0.123 e. The molecule has 0 bridgehead atoms. The quantitative estimate of drug-likeness (QED) is 0.769. The van der Waals surface area contributed by atoms with Gasteiger partial charge in [-0.2, -0.15) is 0 Å². The summed E-state index contributed by atoms with van der Waals surface area (Å²) in [5.74, 6) is 0.940. The molecule has 1 aromatic carbocycles. The zero-order valence-electron chi connectivity index (χ0n) is 9.92. The summed E-state index contributed by atoms with van der Waals surface area (Å²) in [6.45, 7) is 2.98. The number of aryl methyl sites for hydroxylation is 1. The minimum atomic E-state index is 0.282. The summed E-state index contributed by atoms with van der Waals surface area (Å²) in [5, 5.41) is 6.45. The van der Waals surface area contributed by atoms with Crippen molar-refractivity contribution in [2.75, 3.05) is 27.7 Å². The van der Waals surface area contributed by atoms with Crippen molar-refractivity contribution in [2.45, 2.75) is 13.0 Å². The van der Waals surface area contributed by atoms with Crippen LogP contribution in [0.25, 0.3) is 0 Å². The van der Waals surface area contributed by atoms with Crippen molar-refractivity contribution < 1.29 is 4.74 Å². The predicted octanol–water partition coefficient (Wildman–Crippen LogP) is 1.48. The van der Waals surface area contributed by atoms with Gasteiger partial charge in [0.15, 0.2) is 0 Å². The van der Waals surface area contributed by atoms with Gasteiger partial charge in [-0.25, -0.2) is 0 Å². The lowest BCUT2D eigenvalue weighted by Gasteiger charge is -2.19. The Morgan fingerprint density at radius 2 is 2.07 bits per heavy atom. The van der Waals surface area contributed by atoms with Gasteiger partial charge in [-0.05, 0) is 27.1 Å². The maximum absolute atomic E-state index is 5.36. The van der Waals surface area contributed by atoms with Crippen LogP contribution in [0.2, 0.25) is 0 Å². The molecule has 15 heavy (non-hydrogen) atoms. The van der Waals surface area contributed by atoms with E-state index in [-0.39, 0.29) is 6.04 Å². The molecule has 1 unspecified atom stereocenters. The van der Waals surface area contributed by atoms with Crippen LogP contribution in [0.3, 0.4) is 0 Å². The molecule has 0 radical (unpaired) electrons. The van der Waals surface area contributed by atoms with E-state index in [1.54, 1.807) is 7.11 Å². The Morgan fingerprint density at radius 3 is 2.60 bits per heavy atom. The van der Waals surface area contributed by atoms with E-state index in [0.29, 0.717) is 0 Å². The van der Waals surface area contributed by atoms with E-state index in [2.05, 4.69) is 29.7 Å². The number of rotatable bonds is 5. The predicted molar refractivity (Wildman–Crippen MR) is 63.5 cm³/mol. The molecule has 0 saturated heterocycles. The zero-order valence-corrected chi connectivity index (χ0v) is 9.92. The van der Waals surface area contributed by atoms with Crippen LogP contribution in [0.1, 0.15) is 17.2 Å². The van der Waals surface area contributed by atoms with Crippen LogP contribution in [0, 0.1) is 6.92 Å². The fourth-order valence-electron chi connectivity index (χ4n) is 1.70. The van der Waals surface area contributed by atoms with E-state index < -0.39 is 0 Å². The second-order valence-corrected chi connectivity index (χ2v) is 3.64. The van der Waals surface area contributed by atoms with Crippen LogP contribution in [-0.4, -0.2) is 27.7 Å². The van der Waals surface area contributed by atoms with Gasteiger partial charge in [0.1, 0.15) is 5.75 Å². The van der Waals surface area contributed by atoms with Gasteiger partial charge < -0.3 is 15.4 Å². The van der Waals surface area contributed by atoms with Gasteiger partial charge in [0, 0.05) is 18.2 Å². The van der Waals surface area contributed by atoms with Crippen molar-refractivity contribution in [3.63, 3.8) is 0 Å². The summed E-state index contributed by atoms with van der Waals surface area (Å²) in [4.78, 5) is 0. The van der Waals surface area contributed by atoms with Gasteiger partial charge in [0.2, 0.25) is 0 Å². The first kappa shape index (κ1) is 12.0. The highest BCUT2D eigenvalue weighted by atomic mass is 16.5. The Balaban J connectivity index is 3.02. The summed E-state index contributed by atoms with van der Waals surface area (Å²) in [5.41, 5.74) is 2.46. The van der Waals surface area contributed by atoms with Crippen molar-refractivity contribution in [3.05, 3.63) is 29.3 Å². The number of methoxy groups -OCH3 is 1. The summed E-state index contributed by atoms with van der Waals surface area (Å²) in [6, 6.07) is 6.53. The standard InChI is InChI=1S/C12H20N2O/c1-9-5-6-12(15-4)10(7-9)11(14-3)8-13-2/h5-7,11,13-14H,8H2,1-4H3. The number of hydrogen-bond acceptors (Lipinski definition) is 3. The molecule has 3 nitrogen and oxygen atoms in total. The lowest BCUT2D eigenvalue weighted by atomic mass is 10.0. The molecule has 0 aromatic heterocycles. The molecule has 0 aliphatic heterocycles. The zero-order chi connectivity index (χ0) is 11.3. The average Bonchev–Trinajstić information content (AvgIpc) is 2.26. The van der Waals surface area contributed by atoms with E-state index in [9.17, 15) is 0 Å². The second kappa shape index (κ2) is 5.73. The lowest BCUT2D eigenvalue weighted by molar-refractivity contribution is 0.400. The van der Waals surface area contributed by atoms with Gasteiger partial charge in [-0.3, -0.25) is 0 Å². The SMILES string of the molecule is CNCC(NC)c1cc(C)ccc1OC. The molecule has 0 spiro atoms. The van der Waals surface area contributed by atoms with E-state index in [0.717, 1.165) is 12.3 Å². The van der Waals surface area contributed by atoms with Crippen LogP contribution in [0.5, 0.6) is 5.75 Å². The van der Waals surface area contributed by atoms with Crippen molar-refractivity contribution >= 4 is 0 Å². The normalized spacial score (nSPS) is 12.5. The van der Waals surface area contributed by atoms with E-state index in [4.69, 9.17) is 4.74 Å². The number of likely N-dealkylation sites (N-methyl/N-ethyl adjacent to an activating group) is 2. The first-order valence-electron chi connectivity index (χ1n) is 5.19. The molecular weight excluding hydrogens is 188 g/mol. The molecule has 2 N–H and O–H groups in total. The fraction of sp³-hybridized carbons (Fsp3) is 0.500. The minimum absolute atomic E-state index is 0.282. The molecule has 0 fully saturated rings. The average molecular weight is 208 g/mol. The summed E-state index contributed by atoms with van der Waals surface area (Å²) in [6.07, 6.45) is 0. The van der Waals surface area contributed by atoms with E-state index >= 15 is 0 Å². The van der Waals surface area contributed by atoms with Crippen molar-refractivity contribution in [2.24, 2.45) is 0 Å². The van der Waals surface area contributed by atoms with E-state index in [1.807, 2.05) is 20.2 Å². The summed E-state index contributed by atoms with van der Waals surface area (Å²) < 4.78 is 5.36. The second-order valence-electron chi connectivity index (χ2n) is 3.64. The highest BCUT2D eigenvalue weighted by molar-refractivity contribution is 5.39. The van der Waals surface area contributed by atoms with Crippen molar-refractivity contribution in [3.8, 4) is 5.75 Å². The van der Waals surface area contributed by atoms with Crippen molar-refractivity contribution in [1.29, 1.82) is 0 Å². The monoisotopic (exact) mass is 208 g/mol. The van der Waals surface area contributed by atoms with Crippen LogP contribution in [0.4, 0.5) is 0 Å². The third-order valence-electron chi connectivity index (χ3n) is 2.52. The molecule has 84 valence electrons. The smallest absolute Gasteiger partial charge is 0.123 e. The topological polar surface area (TPSA) is 33.3 Å². The van der Waals surface area contributed by atoms with Gasteiger partial charge in [0.05, 0.1) is 7.11 Å². The molecule has 0 aliphatic rings.